The van der Waals surface area contributed by atoms with Gasteiger partial charge in [0.25, 0.3) is 0 Å². The number of hydrogen-bond acceptors (Lipinski definition) is 3. The lowest BCUT2D eigenvalue weighted by molar-refractivity contribution is -0.123. The summed E-state index contributed by atoms with van der Waals surface area (Å²) in [6.45, 7) is 4.08. The van der Waals surface area contributed by atoms with Gasteiger partial charge in [0, 0.05) is 13.1 Å². The Labute approximate surface area is 108 Å². The first-order chi connectivity index (χ1) is 8.50. The molecule has 0 aliphatic heterocycles. The average Bonchev–Trinajstić information content (AvgIpc) is 2.39. The number of amides is 1. The zero-order valence-electron chi connectivity index (χ0n) is 11.0. The summed E-state index contributed by atoms with van der Waals surface area (Å²) in [6, 6.07) is 9.43. The fraction of sp³-hybridized carbons (Fsp3) is 0.500. The third-order valence-electron chi connectivity index (χ3n) is 3.16. The molecule has 4 N–H and O–H groups in total. The minimum atomic E-state index is -0.870. The van der Waals surface area contributed by atoms with Gasteiger partial charge in [0.1, 0.15) is 0 Å². The molecule has 0 saturated heterocycles. The fourth-order valence-corrected chi connectivity index (χ4v) is 1.61. The Bertz CT molecular complexity index is 377. The molecule has 100 valence electrons. The zero-order chi connectivity index (χ0) is 13.6. The Morgan fingerprint density at radius 2 is 2.06 bits per heavy atom. The summed E-state index contributed by atoms with van der Waals surface area (Å²) >= 11 is 0. The molecule has 4 heteroatoms. The van der Waals surface area contributed by atoms with Crippen LogP contribution in [0.1, 0.15) is 31.7 Å². The highest BCUT2D eigenvalue weighted by molar-refractivity contribution is 5.83. The van der Waals surface area contributed by atoms with Gasteiger partial charge >= 0.3 is 0 Å². The van der Waals surface area contributed by atoms with Crippen molar-refractivity contribution in [3.8, 4) is 0 Å². The molecule has 1 amide bonds. The van der Waals surface area contributed by atoms with Gasteiger partial charge in [-0.05, 0) is 18.9 Å². The Balaban J connectivity index is 2.64. The second-order valence-electron chi connectivity index (χ2n) is 4.77. The van der Waals surface area contributed by atoms with Gasteiger partial charge in [-0.1, -0.05) is 37.3 Å². The number of nitrogens with two attached hydrogens (primary N) is 1. The van der Waals surface area contributed by atoms with E-state index in [2.05, 4.69) is 5.32 Å². The molecule has 18 heavy (non-hydrogen) atoms. The highest BCUT2D eigenvalue weighted by atomic mass is 16.3. The van der Waals surface area contributed by atoms with Crippen LogP contribution in [0.3, 0.4) is 0 Å². The smallest absolute Gasteiger partial charge is 0.228 e. The van der Waals surface area contributed by atoms with Crippen LogP contribution in [0.2, 0.25) is 0 Å². The van der Waals surface area contributed by atoms with Crippen molar-refractivity contribution in [3.63, 3.8) is 0 Å². The molecule has 0 heterocycles. The SMILES string of the molecule is CCC(C)(O)CNC(=O)C(CN)c1ccccc1. The third-order valence-corrected chi connectivity index (χ3v) is 3.16. The van der Waals surface area contributed by atoms with Crippen LogP contribution in [0.15, 0.2) is 30.3 Å². The Morgan fingerprint density at radius 1 is 1.44 bits per heavy atom. The summed E-state index contributed by atoms with van der Waals surface area (Å²) < 4.78 is 0. The lowest BCUT2D eigenvalue weighted by Gasteiger charge is -2.23. The van der Waals surface area contributed by atoms with Crippen LogP contribution in [0.4, 0.5) is 0 Å². The summed E-state index contributed by atoms with van der Waals surface area (Å²) in [6.07, 6.45) is 0.589. The van der Waals surface area contributed by atoms with E-state index in [1.54, 1.807) is 6.92 Å². The number of carbonyl (C=O) groups excluding carboxylic acids is 1. The predicted molar refractivity (Wildman–Crippen MR) is 72.2 cm³/mol. The molecule has 0 bridgehead atoms. The Kier molecular flexibility index (Phi) is 5.31. The number of nitrogens with one attached hydrogen (secondary N) is 1. The van der Waals surface area contributed by atoms with Crippen LogP contribution in [0, 0.1) is 0 Å². The molecule has 2 atom stereocenters. The van der Waals surface area contributed by atoms with E-state index in [1.165, 1.54) is 0 Å². The van der Waals surface area contributed by atoms with Gasteiger partial charge in [0.05, 0.1) is 11.5 Å². The standard InChI is InChI=1S/C14H22N2O2/c1-3-14(2,18)10-16-13(17)12(9-15)11-7-5-4-6-8-11/h4-8,12,18H,3,9-10,15H2,1-2H3,(H,16,17). The molecular formula is C14H22N2O2. The van der Waals surface area contributed by atoms with E-state index in [1.807, 2.05) is 37.3 Å². The number of benzene rings is 1. The Hall–Kier alpha value is -1.39. The van der Waals surface area contributed by atoms with Crippen molar-refractivity contribution in [1.82, 2.24) is 5.32 Å². The molecule has 0 aromatic heterocycles. The van der Waals surface area contributed by atoms with Gasteiger partial charge in [0.15, 0.2) is 0 Å². The third kappa shape index (κ3) is 4.13. The van der Waals surface area contributed by atoms with E-state index in [9.17, 15) is 9.90 Å². The van der Waals surface area contributed by atoms with E-state index >= 15 is 0 Å². The van der Waals surface area contributed by atoms with Gasteiger partial charge in [0.2, 0.25) is 5.91 Å². The fourth-order valence-electron chi connectivity index (χ4n) is 1.61. The second-order valence-corrected chi connectivity index (χ2v) is 4.77. The minimum Gasteiger partial charge on any atom is -0.388 e. The molecule has 2 unspecified atom stereocenters. The summed E-state index contributed by atoms with van der Waals surface area (Å²) in [5.74, 6) is -0.503. The van der Waals surface area contributed by atoms with Crippen LogP contribution >= 0.6 is 0 Å². The molecule has 0 fully saturated rings. The lowest BCUT2D eigenvalue weighted by Crippen LogP contribution is -2.43. The van der Waals surface area contributed by atoms with Crippen molar-refractivity contribution in [2.75, 3.05) is 13.1 Å². The van der Waals surface area contributed by atoms with Crippen LogP contribution in [-0.4, -0.2) is 29.7 Å². The van der Waals surface area contributed by atoms with Crippen molar-refractivity contribution in [2.24, 2.45) is 5.73 Å². The molecule has 0 aliphatic rings. The van der Waals surface area contributed by atoms with Crippen LogP contribution in [-0.2, 0) is 4.79 Å². The van der Waals surface area contributed by atoms with Crippen molar-refractivity contribution in [3.05, 3.63) is 35.9 Å². The molecule has 1 aromatic carbocycles. The van der Waals surface area contributed by atoms with Crippen molar-refractivity contribution in [2.45, 2.75) is 31.8 Å². The lowest BCUT2D eigenvalue weighted by atomic mass is 9.97. The summed E-state index contributed by atoms with van der Waals surface area (Å²) in [4.78, 5) is 12.0. The van der Waals surface area contributed by atoms with Crippen LogP contribution in [0.25, 0.3) is 0 Å². The minimum absolute atomic E-state index is 0.141. The van der Waals surface area contributed by atoms with Crippen molar-refractivity contribution < 1.29 is 9.90 Å². The molecule has 0 radical (unpaired) electrons. The van der Waals surface area contributed by atoms with Gasteiger partial charge in [-0.3, -0.25) is 4.79 Å². The topological polar surface area (TPSA) is 75.3 Å². The van der Waals surface area contributed by atoms with E-state index in [0.29, 0.717) is 6.42 Å². The maximum Gasteiger partial charge on any atom is 0.228 e. The van der Waals surface area contributed by atoms with Crippen molar-refractivity contribution in [1.29, 1.82) is 0 Å². The van der Waals surface area contributed by atoms with Gasteiger partial charge < -0.3 is 16.2 Å². The second kappa shape index (κ2) is 6.52. The molecule has 0 aliphatic carbocycles. The van der Waals surface area contributed by atoms with E-state index in [4.69, 9.17) is 5.73 Å². The van der Waals surface area contributed by atoms with Gasteiger partial charge in [-0.2, -0.15) is 0 Å². The molecule has 4 nitrogen and oxygen atoms in total. The summed E-state index contributed by atoms with van der Waals surface area (Å²) in [5, 5.41) is 12.6. The van der Waals surface area contributed by atoms with Crippen LogP contribution < -0.4 is 11.1 Å². The molecule has 1 rings (SSSR count). The monoisotopic (exact) mass is 250 g/mol. The maximum atomic E-state index is 12.0. The first kappa shape index (κ1) is 14.7. The normalized spacial score (nSPS) is 15.8. The number of rotatable bonds is 6. The van der Waals surface area contributed by atoms with Crippen molar-refractivity contribution >= 4 is 5.91 Å². The quantitative estimate of drug-likeness (QED) is 0.705. The summed E-state index contributed by atoms with van der Waals surface area (Å²) in [7, 11) is 0. The first-order valence-corrected chi connectivity index (χ1v) is 6.25. The Morgan fingerprint density at radius 3 is 2.56 bits per heavy atom. The number of carbonyl (C=O) groups is 1. The summed E-state index contributed by atoms with van der Waals surface area (Å²) in [5.41, 5.74) is 5.68. The number of hydrogen-bond donors (Lipinski definition) is 3. The van der Waals surface area contributed by atoms with E-state index < -0.39 is 5.60 Å². The van der Waals surface area contributed by atoms with Gasteiger partial charge in [-0.25, -0.2) is 0 Å². The first-order valence-electron chi connectivity index (χ1n) is 6.25. The molecule has 0 spiro atoms. The average molecular weight is 250 g/mol. The molecule has 1 aromatic rings. The maximum absolute atomic E-state index is 12.0. The molecular weight excluding hydrogens is 228 g/mol. The zero-order valence-corrected chi connectivity index (χ0v) is 11.0. The molecule has 0 saturated carbocycles. The van der Waals surface area contributed by atoms with Gasteiger partial charge in [-0.15, -0.1) is 0 Å². The highest BCUT2D eigenvalue weighted by Crippen LogP contribution is 2.15. The van der Waals surface area contributed by atoms with Crippen LogP contribution in [0.5, 0.6) is 0 Å². The highest BCUT2D eigenvalue weighted by Gasteiger charge is 2.23. The largest absolute Gasteiger partial charge is 0.388 e. The van der Waals surface area contributed by atoms with E-state index in [-0.39, 0.29) is 24.9 Å². The number of aliphatic hydroxyl groups is 1. The van der Waals surface area contributed by atoms with E-state index in [0.717, 1.165) is 5.56 Å². The predicted octanol–water partition coefficient (Wildman–Crippen LogP) is 1.01.